The summed E-state index contributed by atoms with van der Waals surface area (Å²) in [6.45, 7) is 1.36. The lowest BCUT2D eigenvalue weighted by Crippen LogP contribution is -2.58. The van der Waals surface area contributed by atoms with Crippen molar-refractivity contribution in [3.63, 3.8) is 0 Å². The molecular formula is C16H20ClFN6O. The Morgan fingerprint density at radius 1 is 1.32 bits per heavy atom. The maximum absolute atomic E-state index is 14.2. The van der Waals surface area contributed by atoms with Gasteiger partial charge in [-0.15, -0.1) is 0 Å². The van der Waals surface area contributed by atoms with Gasteiger partial charge in [0.2, 0.25) is 17.8 Å². The number of aliphatic imine (C=N–C) groups is 2. The van der Waals surface area contributed by atoms with Gasteiger partial charge in [-0.2, -0.15) is 4.99 Å². The van der Waals surface area contributed by atoms with Crippen LogP contribution in [0.2, 0.25) is 5.02 Å². The topological polar surface area (TPSA) is 109 Å². The Kier molecular flexibility index (Phi) is 4.55. The van der Waals surface area contributed by atoms with Gasteiger partial charge in [0.1, 0.15) is 11.5 Å². The zero-order chi connectivity index (χ0) is 18.2. The molecule has 3 rings (SSSR count). The number of nitrogens with two attached hydrogens (primary N) is 2. The average Bonchev–Trinajstić information content (AvgIpc) is 2.51. The lowest BCUT2D eigenvalue weighted by molar-refractivity contribution is -0.114. The number of benzene rings is 1. The third-order valence-corrected chi connectivity index (χ3v) is 4.73. The minimum Gasteiger partial charge on any atom is -0.369 e. The van der Waals surface area contributed by atoms with Crippen molar-refractivity contribution in [2.75, 3.05) is 10.2 Å². The summed E-state index contributed by atoms with van der Waals surface area (Å²) in [5, 5.41) is 2.57. The summed E-state index contributed by atoms with van der Waals surface area (Å²) < 4.78 is 14.2. The van der Waals surface area contributed by atoms with E-state index in [0.717, 1.165) is 19.3 Å². The van der Waals surface area contributed by atoms with Gasteiger partial charge in [-0.25, -0.2) is 9.38 Å². The summed E-state index contributed by atoms with van der Waals surface area (Å²) in [7, 11) is 0. The van der Waals surface area contributed by atoms with Crippen molar-refractivity contribution in [3.05, 3.63) is 23.0 Å². The highest BCUT2D eigenvalue weighted by Crippen LogP contribution is 2.43. The monoisotopic (exact) mass is 366 g/mol. The maximum Gasteiger partial charge on any atom is 0.221 e. The Balaban J connectivity index is 2.17. The molecule has 0 saturated heterocycles. The second kappa shape index (κ2) is 6.51. The van der Waals surface area contributed by atoms with Crippen LogP contribution in [-0.4, -0.2) is 23.5 Å². The van der Waals surface area contributed by atoms with Crippen molar-refractivity contribution in [1.82, 2.24) is 0 Å². The first-order valence-corrected chi connectivity index (χ1v) is 8.46. The first-order valence-electron chi connectivity index (χ1n) is 8.09. The predicted molar refractivity (Wildman–Crippen MR) is 97.3 cm³/mol. The fourth-order valence-electron chi connectivity index (χ4n) is 3.48. The first-order chi connectivity index (χ1) is 11.8. The van der Waals surface area contributed by atoms with Gasteiger partial charge in [0.25, 0.3) is 0 Å². The molecule has 0 unspecified atom stereocenters. The quantitative estimate of drug-likeness (QED) is 0.747. The molecule has 1 aliphatic heterocycles. The number of halogens is 2. The molecule has 5 N–H and O–H groups in total. The molecule has 0 aromatic heterocycles. The van der Waals surface area contributed by atoms with Crippen molar-refractivity contribution >= 4 is 40.8 Å². The summed E-state index contributed by atoms with van der Waals surface area (Å²) in [5.74, 6) is -0.710. The Morgan fingerprint density at radius 2 is 2.00 bits per heavy atom. The first kappa shape index (κ1) is 17.5. The fraction of sp³-hybridized carbons (Fsp3) is 0.438. The van der Waals surface area contributed by atoms with Crippen molar-refractivity contribution in [1.29, 1.82) is 0 Å². The van der Waals surface area contributed by atoms with Crippen LogP contribution in [0.25, 0.3) is 0 Å². The molecule has 7 nitrogen and oxygen atoms in total. The highest BCUT2D eigenvalue weighted by molar-refractivity contribution is 6.31. The molecule has 1 amide bonds. The van der Waals surface area contributed by atoms with Gasteiger partial charge in [-0.05, 0) is 31.7 Å². The van der Waals surface area contributed by atoms with Crippen LogP contribution in [-0.2, 0) is 4.79 Å². The number of hydrogen-bond donors (Lipinski definition) is 3. The summed E-state index contributed by atoms with van der Waals surface area (Å²) in [4.78, 5) is 21.8. The Bertz CT molecular complexity index is 772. The largest absolute Gasteiger partial charge is 0.369 e. The van der Waals surface area contributed by atoms with Gasteiger partial charge in [-0.1, -0.05) is 18.0 Å². The molecule has 2 aliphatic rings. The molecule has 0 radical (unpaired) electrons. The van der Waals surface area contributed by atoms with Crippen LogP contribution in [0.15, 0.2) is 22.1 Å². The minimum atomic E-state index is -0.734. The molecule has 1 heterocycles. The van der Waals surface area contributed by atoms with Crippen LogP contribution in [0, 0.1) is 5.82 Å². The van der Waals surface area contributed by atoms with Crippen LogP contribution in [0.5, 0.6) is 0 Å². The van der Waals surface area contributed by atoms with Crippen molar-refractivity contribution in [3.8, 4) is 0 Å². The molecule has 25 heavy (non-hydrogen) atoms. The van der Waals surface area contributed by atoms with E-state index in [0.29, 0.717) is 24.2 Å². The number of nitrogens with one attached hydrogen (secondary N) is 1. The van der Waals surface area contributed by atoms with Crippen molar-refractivity contribution in [2.45, 2.75) is 44.7 Å². The Labute approximate surface area is 149 Å². The van der Waals surface area contributed by atoms with Crippen LogP contribution >= 0.6 is 11.6 Å². The Morgan fingerprint density at radius 3 is 2.64 bits per heavy atom. The van der Waals surface area contributed by atoms with E-state index in [1.807, 2.05) is 0 Å². The zero-order valence-corrected chi connectivity index (χ0v) is 14.6. The number of nitrogens with zero attached hydrogens (tertiary/aromatic N) is 3. The maximum atomic E-state index is 14.2. The summed E-state index contributed by atoms with van der Waals surface area (Å²) in [5.41, 5.74) is 11.9. The number of hydrogen-bond acceptors (Lipinski definition) is 6. The number of anilines is 2. The van der Waals surface area contributed by atoms with E-state index in [2.05, 4.69) is 15.3 Å². The van der Waals surface area contributed by atoms with Crippen LogP contribution in [0.1, 0.15) is 39.0 Å². The van der Waals surface area contributed by atoms with Crippen LogP contribution < -0.4 is 21.7 Å². The molecular weight excluding hydrogens is 347 g/mol. The van der Waals surface area contributed by atoms with E-state index in [1.165, 1.54) is 19.1 Å². The molecule has 1 saturated carbocycles. The Hall–Kier alpha value is -2.35. The standard InChI is InChI=1S/C16H20ClFN6O/c1-9(25)21-12-7-10(17)11(18)8-13(12)24-15(20)22-14(19)23-16(24)5-3-2-4-6-16/h7-8H,2-6H2,1H3,(H,21,25)(H4,19,20,22,23). The fourth-order valence-corrected chi connectivity index (χ4v) is 3.64. The molecule has 1 fully saturated rings. The second-order valence-corrected chi connectivity index (χ2v) is 6.69. The van der Waals surface area contributed by atoms with Crippen molar-refractivity contribution < 1.29 is 9.18 Å². The molecule has 0 atom stereocenters. The minimum absolute atomic E-state index is 0.0965. The molecule has 1 aliphatic carbocycles. The number of carbonyl (C=O) groups excluding carboxylic acids is 1. The highest BCUT2D eigenvalue weighted by Gasteiger charge is 2.43. The normalized spacial score (nSPS) is 19.4. The molecule has 1 aromatic carbocycles. The predicted octanol–water partition coefficient (Wildman–Crippen LogP) is 2.55. The summed E-state index contributed by atoms with van der Waals surface area (Å²) in [6, 6.07) is 2.60. The summed E-state index contributed by atoms with van der Waals surface area (Å²) in [6.07, 6.45) is 4.36. The zero-order valence-electron chi connectivity index (χ0n) is 13.9. The van der Waals surface area contributed by atoms with Gasteiger partial charge in [0, 0.05) is 13.0 Å². The van der Waals surface area contributed by atoms with E-state index >= 15 is 0 Å². The third-order valence-electron chi connectivity index (χ3n) is 4.44. The van der Waals surface area contributed by atoms with Crippen LogP contribution in [0.4, 0.5) is 15.8 Å². The SMILES string of the molecule is CC(=O)Nc1cc(Cl)c(F)cc1N1C(N)=NC(N)=NC12CCCCC2. The van der Waals surface area contributed by atoms with Gasteiger partial charge in [0.15, 0.2) is 0 Å². The third kappa shape index (κ3) is 3.26. The smallest absolute Gasteiger partial charge is 0.221 e. The van der Waals surface area contributed by atoms with E-state index in [1.54, 1.807) is 4.90 Å². The lowest BCUT2D eigenvalue weighted by Gasteiger charge is -2.46. The average molecular weight is 367 g/mol. The van der Waals surface area contributed by atoms with Gasteiger partial charge >= 0.3 is 0 Å². The molecule has 1 spiro atoms. The highest BCUT2D eigenvalue weighted by atomic mass is 35.5. The van der Waals surface area contributed by atoms with Gasteiger partial charge in [0.05, 0.1) is 16.4 Å². The van der Waals surface area contributed by atoms with E-state index < -0.39 is 11.5 Å². The number of amides is 1. The number of carbonyl (C=O) groups is 1. The molecule has 1 aromatic rings. The van der Waals surface area contributed by atoms with Gasteiger partial charge in [-0.3, -0.25) is 9.69 Å². The second-order valence-electron chi connectivity index (χ2n) is 6.28. The molecule has 9 heteroatoms. The number of guanidine groups is 2. The van der Waals surface area contributed by atoms with E-state index in [9.17, 15) is 9.18 Å². The van der Waals surface area contributed by atoms with E-state index in [4.69, 9.17) is 23.1 Å². The number of rotatable bonds is 2. The molecule has 134 valence electrons. The van der Waals surface area contributed by atoms with E-state index in [-0.39, 0.29) is 22.8 Å². The van der Waals surface area contributed by atoms with Crippen molar-refractivity contribution in [2.24, 2.45) is 21.5 Å². The van der Waals surface area contributed by atoms with Crippen LogP contribution in [0.3, 0.4) is 0 Å². The molecule has 0 bridgehead atoms. The summed E-state index contributed by atoms with van der Waals surface area (Å²) >= 11 is 5.89. The lowest BCUT2D eigenvalue weighted by atomic mass is 9.87. The van der Waals surface area contributed by atoms with Gasteiger partial charge < -0.3 is 16.8 Å².